The third-order valence-corrected chi connectivity index (χ3v) is 3.84. The van der Waals surface area contributed by atoms with Gasteiger partial charge in [0.1, 0.15) is 0 Å². The minimum Gasteiger partial charge on any atom is -0.463 e. The number of rotatable bonds is 16. The molecule has 0 aromatic carbocycles. The van der Waals surface area contributed by atoms with Crippen LogP contribution in [0.1, 0.15) is 90.9 Å². The molecule has 0 amide bonds. The minimum atomic E-state index is -0.472. The Kier molecular flexibility index (Phi) is 23.4. The summed E-state index contributed by atoms with van der Waals surface area (Å²) in [5.41, 5.74) is 0. The van der Waals surface area contributed by atoms with Crippen LogP contribution >= 0.6 is 0 Å². The topological polar surface area (TPSA) is 52.6 Å². The van der Waals surface area contributed by atoms with Crippen molar-refractivity contribution in [3.05, 3.63) is 12.2 Å². The zero-order valence-corrected chi connectivity index (χ0v) is 18.7. The van der Waals surface area contributed by atoms with Crippen LogP contribution in [0.25, 0.3) is 0 Å². The molecule has 141 valence electrons. The van der Waals surface area contributed by atoms with E-state index in [9.17, 15) is 9.59 Å². The van der Waals surface area contributed by atoms with Crippen LogP contribution in [0.15, 0.2) is 12.2 Å². The first kappa shape index (κ1) is 26.9. The second-order valence-electron chi connectivity index (χ2n) is 6.20. The van der Waals surface area contributed by atoms with E-state index in [1.165, 1.54) is 51.4 Å². The predicted octanol–water partition coefficient (Wildman–Crippen LogP) is 4.97. The molecule has 0 unspecified atom stereocenters. The van der Waals surface area contributed by atoms with E-state index in [4.69, 9.17) is 9.47 Å². The minimum absolute atomic E-state index is 0. The second kappa shape index (κ2) is 21.7. The van der Waals surface area contributed by atoms with Crippen molar-refractivity contribution in [2.45, 2.75) is 90.9 Å². The summed E-state index contributed by atoms with van der Waals surface area (Å²) < 4.78 is 10.1. The van der Waals surface area contributed by atoms with Gasteiger partial charge in [-0.3, -0.25) is 0 Å². The summed E-state index contributed by atoms with van der Waals surface area (Å²) in [5, 5.41) is 0. The molecule has 25 heavy (non-hydrogen) atoms. The predicted molar refractivity (Wildman–Crippen MR) is 104 cm³/mol. The van der Waals surface area contributed by atoms with Crippen LogP contribution in [0.5, 0.6) is 0 Å². The Morgan fingerprint density at radius 1 is 0.600 bits per heavy atom. The molecular formula is C20H36NaO4. The summed E-state index contributed by atoms with van der Waals surface area (Å²) in [4.78, 5) is 22.9. The first-order valence-electron chi connectivity index (χ1n) is 9.72. The average Bonchev–Trinajstić information content (AvgIpc) is 2.58. The zero-order valence-electron chi connectivity index (χ0n) is 16.7. The van der Waals surface area contributed by atoms with Gasteiger partial charge in [0.25, 0.3) is 0 Å². The third-order valence-electron chi connectivity index (χ3n) is 3.84. The summed E-state index contributed by atoms with van der Waals surface area (Å²) in [6.45, 7) is 5.21. The van der Waals surface area contributed by atoms with E-state index < -0.39 is 11.9 Å². The maximum Gasteiger partial charge on any atom is 0.331 e. The van der Waals surface area contributed by atoms with Crippen molar-refractivity contribution in [1.82, 2.24) is 0 Å². The fourth-order valence-electron chi connectivity index (χ4n) is 2.34. The Morgan fingerprint density at radius 3 is 1.28 bits per heavy atom. The molecule has 1 radical (unpaired) electrons. The van der Waals surface area contributed by atoms with Gasteiger partial charge in [0.05, 0.1) is 13.2 Å². The molecule has 0 aliphatic rings. The smallest absolute Gasteiger partial charge is 0.331 e. The van der Waals surface area contributed by atoms with Gasteiger partial charge in [-0.15, -0.1) is 0 Å². The van der Waals surface area contributed by atoms with E-state index in [0.717, 1.165) is 37.8 Å². The molecule has 0 saturated heterocycles. The Labute approximate surface area is 176 Å². The standard InChI is InChI=1S/C20H36O4.Na/c1-3-5-7-9-11-13-17-23-19(21)15-16-20(22)24-18-14-12-10-8-6-4-2;/h15-16H,3-14,17-18H2,1-2H3;/b16-15-;. The van der Waals surface area contributed by atoms with E-state index >= 15 is 0 Å². The Balaban J connectivity index is 0. The molecule has 0 heterocycles. The summed E-state index contributed by atoms with van der Waals surface area (Å²) in [6.07, 6.45) is 16.1. The van der Waals surface area contributed by atoms with E-state index in [-0.39, 0.29) is 29.6 Å². The molecule has 0 aliphatic heterocycles. The number of unbranched alkanes of at least 4 members (excludes halogenated alkanes) is 10. The quantitative estimate of drug-likeness (QED) is 0.168. The van der Waals surface area contributed by atoms with Crippen molar-refractivity contribution in [3.63, 3.8) is 0 Å². The van der Waals surface area contributed by atoms with Crippen molar-refractivity contribution >= 4 is 41.5 Å². The van der Waals surface area contributed by atoms with Crippen LogP contribution in [0.3, 0.4) is 0 Å². The van der Waals surface area contributed by atoms with Gasteiger partial charge < -0.3 is 9.47 Å². The summed E-state index contributed by atoms with van der Waals surface area (Å²) in [5.74, 6) is -0.944. The molecule has 5 heteroatoms. The molecular weight excluding hydrogens is 327 g/mol. The molecule has 0 aromatic rings. The summed E-state index contributed by atoms with van der Waals surface area (Å²) >= 11 is 0. The van der Waals surface area contributed by atoms with Gasteiger partial charge in [0.2, 0.25) is 0 Å². The molecule has 0 aromatic heterocycles. The van der Waals surface area contributed by atoms with Crippen LogP contribution in [0.4, 0.5) is 0 Å². The van der Waals surface area contributed by atoms with Crippen molar-refractivity contribution in [1.29, 1.82) is 0 Å². The zero-order chi connectivity index (χ0) is 17.9. The van der Waals surface area contributed by atoms with Gasteiger partial charge in [0.15, 0.2) is 0 Å². The molecule has 0 fully saturated rings. The van der Waals surface area contributed by atoms with E-state index in [2.05, 4.69) is 13.8 Å². The Hall–Kier alpha value is -0.320. The summed E-state index contributed by atoms with van der Waals surface area (Å²) in [7, 11) is 0. The molecule has 0 saturated carbocycles. The third kappa shape index (κ3) is 21.6. The van der Waals surface area contributed by atoms with Crippen LogP contribution < -0.4 is 0 Å². The number of esters is 2. The number of ether oxygens (including phenoxy) is 2. The van der Waals surface area contributed by atoms with Crippen molar-refractivity contribution in [2.75, 3.05) is 13.2 Å². The van der Waals surface area contributed by atoms with Crippen LogP contribution in [0.2, 0.25) is 0 Å². The molecule has 0 bridgehead atoms. The van der Waals surface area contributed by atoms with Crippen LogP contribution in [0, 0.1) is 0 Å². The normalized spacial score (nSPS) is 10.5. The first-order chi connectivity index (χ1) is 11.7. The molecule has 0 N–H and O–H groups in total. The van der Waals surface area contributed by atoms with Gasteiger partial charge in [-0.25, -0.2) is 9.59 Å². The number of carbonyl (C=O) groups excluding carboxylic acids is 2. The molecule has 0 aliphatic carbocycles. The van der Waals surface area contributed by atoms with Gasteiger partial charge in [-0.05, 0) is 12.8 Å². The first-order valence-corrected chi connectivity index (χ1v) is 9.72. The van der Waals surface area contributed by atoms with Gasteiger partial charge in [-0.2, -0.15) is 0 Å². The van der Waals surface area contributed by atoms with Crippen LogP contribution in [-0.4, -0.2) is 54.7 Å². The number of carbonyl (C=O) groups is 2. The van der Waals surface area contributed by atoms with Crippen LogP contribution in [-0.2, 0) is 19.1 Å². The number of hydrogen-bond acceptors (Lipinski definition) is 4. The Bertz CT molecular complexity index is 311. The molecule has 0 atom stereocenters. The van der Waals surface area contributed by atoms with E-state index in [1.807, 2.05) is 0 Å². The largest absolute Gasteiger partial charge is 0.463 e. The number of hydrogen-bond donors (Lipinski definition) is 0. The van der Waals surface area contributed by atoms with Gasteiger partial charge >= 0.3 is 11.9 Å². The molecule has 0 rings (SSSR count). The van der Waals surface area contributed by atoms with E-state index in [0.29, 0.717) is 13.2 Å². The molecule has 0 spiro atoms. The van der Waals surface area contributed by atoms with Crippen molar-refractivity contribution < 1.29 is 19.1 Å². The monoisotopic (exact) mass is 363 g/mol. The maximum absolute atomic E-state index is 11.4. The van der Waals surface area contributed by atoms with Gasteiger partial charge in [-0.1, -0.05) is 78.1 Å². The van der Waals surface area contributed by atoms with Gasteiger partial charge in [0, 0.05) is 41.7 Å². The SMILES string of the molecule is CCCCCCCCOC(=O)/C=C\C(=O)OCCCCCCCC.[Na]. The molecule has 4 nitrogen and oxygen atoms in total. The van der Waals surface area contributed by atoms with Crippen molar-refractivity contribution in [3.8, 4) is 0 Å². The summed E-state index contributed by atoms with van der Waals surface area (Å²) in [6, 6.07) is 0. The fourth-order valence-corrected chi connectivity index (χ4v) is 2.34. The fraction of sp³-hybridized carbons (Fsp3) is 0.800. The average molecular weight is 363 g/mol. The second-order valence-corrected chi connectivity index (χ2v) is 6.20. The maximum atomic E-state index is 11.4. The Morgan fingerprint density at radius 2 is 0.920 bits per heavy atom. The van der Waals surface area contributed by atoms with E-state index in [1.54, 1.807) is 0 Å². The van der Waals surface area contributed by atoms with Crippen molar-refractivity contribution in [2.24, 2.45) is 0 Å².